The summed E-state index contributed by atoms with van der Waals surface area (Å²) in [6.07, 6.45) is 1.75. The summed E-state index contributed by atoms with van der Waals surface area (Å²) in [5, 5.41) is 7.47. The van der Waals surface area contributed by atoms with E-state index < -0.39 is 0 Å². The molecular formula is C19H18BrN5. The molecule has 2 aromatic carbocycles. The summed E-state index contributed by atoms with van der Waals surface area (Å²) >= 11 is 3.41. The third-order valence-corrected chi connectivity index (χ3v) is 3.94. The van der Waals surface area contributed by atoms with E-state index in [9.17, 15) is 0 Å². The fourth-order valence-corrected chi connectivity index (χ4v) is 2.47. The van der Waals surface area contributed by atoms with Crippen LogP contribution in [-0.4, -0.2) is 16.2 Å². The Morgan fingerprint density at radius 3 is 2.56 bits per heavy atom. The van der Waals surface area contributed by atoms with E-state index in [0.717, 1.165) is 15.7 Å². The SMILES string of the molecule is Cc1cc(NN=Cc2ccc(Br)cc2)nc(NCc2ccccc2)n1. The Labute approximate surface area is 155 Å². The molecule has 0 fully saturated rings. The van der Waals surface area contributed by atoms with Gasteiger partial charge in [0.15, 0.2) is 5.82 Å². The van der Waals surface area contributed by atoms with Crippen LogP contribution in [-0.2, 0) is 6.54 Å². The highest BCUT2D eigenvalue weighted by Crippen LogP contribution is 2.12. The van der Waals surface area contributed by atoms with E-state index >= 15 is 0 Å². The predicted molar refractivity (Wildman–Crippen MR) is 106 cm³/mol. The van der Waals surface area contributed by atoms with Crippen molar-refractivity contribution in [3.05, 3.63) is 82.0 Å². The van der Waals surface area contributed by atoms with Crippen LogP contribution in [0.15, 0.2) is 70.2 Å². The van der Waals surface area contributed by atoms with Crippen LogP contribution >= 0.6 is 15.9 Å². The number of aryl methyl sites for hydroxylation is 1. The van der Waals surface area contributed by atoms with Gasteiger partial charge in [-0.15, -0.1) is 0 Å². The standard InChI is InChI=1S/C19H18BrN5/c1-14-11-18(25-22-13-16-7-9-17(20)10-8-16)24-19(23-14)21-12-15-5-3-2-4-6-15/h2-11,13H,12H2,1H3,(H2,21,23,24,25). The lowest BCUT2D eigenvalue weighted by molar-refractivity contribution is 1.02. The van der Waals surface area contributed by atoms with Crippen molar-refractivity contribution in [2.24, 2.45) is 5.10 Å². The Balaban J connectivity index is 1.63. The smallest absolute Gasteiger partial charge is 0.225 e. The first-order chi connectivity index (χ1) is 12.2. The molecule has 1 aromatic heterocycles. The second kappa shape index (κ2) is 8.39. The molecule has 3 rings (SSSR count). The Morgan fingerprint density at radius 2 is 1.80 bits per heavy atom. The number of hydrazone groups is 1. The molecule has 25 heavy (non-hydrogen) atoms. The number of rotatable bonds is 6. The Kier molecular flexibility index (Phi) is 5.74. The minimum atomic E-state index is 0.574. The van der Waals surface area contributed by atoms with Gasteiger partial charge in [0.1, 0.15) is 0 Å². The van der Waals surface area contributed by atoms with Crippen LogP contribution in [0.25, 0.3) is 0 Å². The van der Waals surface area contributed by atoms with Crippen LogP contribution in [0.5, 0.6) is 0 Å². The number of hydrogen-bond donors (Lipinski definition) is 2. The summed E-state index contributed by atoms with van der Waals surface area (Å²) in [7, 11) is 0. The number of halogens is 1. The first-order valence-corrected chi connectivity index (χ1v) is 8.66. The van der Waals surface area contributed by atoms with E-state index in [1.165, 1.54) is 5.56 Å². The molecule has 5 nitrogen and oxygen atoms in total. The number of nitrogens with one attached hydrogen (secondary N) is 2. The van der Waals surface area contributed by atoms with E-state index in [4.69, 9.17) is 0 Å². The molecule has 0 aliphatic carbocycles. The molecule has 2 N–H and O–H groups in total. The van der Waals surface area contributed by atoms with Crippen molar-refractivity contribution >= 4 is 33.9 Å². The van der Waals surface area contributed by atoms with Gasteiger partial charge in [0.25, 0.3) is 0 Å². The highest BCUT2D eigenvalue weighted by Gasteiger charge is 2.01. The van der Waals surface area contributed by atoms with Crippen LogP contribution in [0.1, 0.15) is 16.8 Å². The minimum Gasteiger partial charge on any atom is -0.350 e. The van der Waals surface area contributed by atoms with Gasteiger partial charge in [0.05, 0.1) is 6.21 Å². The number of anilines is 2. The highest BCUT2D eigenvalue weighted by atomic mass is 79.9. The molecule has 0 aliphatic heterocycles. The average Bonchev–Trinajstić information content (AvgIpc) is 2.62. The third-order valence-electron chi connectivity index (χ3n) is 3.41. The van der Waals surface area contributed by atoms with Gasteiger partial charge in [-0.2, -0.15) is 10.1 Å². The van der Waals surface area contributed by atoms with Crippen LogP contribution in [0.2, 0.25) is 0 Å². The van der Waals surface area contributed by atoms with Crippen LogP contribution < -0.4 is 10.7 Å². The highest BCUT2D eigenvalue weighted by molar-refractivity contribution is 9.10. The van der Waals surface area contributed by atoms with E-state index in [-0.39, 0.29) is 0 Å². The Bertz CT molecular complexity index is 847. The van der Waals surface area contributed by atoms with E-state index in [1.54, 1.807) is 6.21 Å². The number of hydrogen-bond acceptors (Lipinski definition) is 5. The van der Waals surface area contributed by atoms with Gasteiger partial charge in [0, 0.05) is 22.8 Å². The summed E-state index contributed by atoms with van der Waals surface area (Å²) in [4.78, 5) is 8.84. The largest absolute Gasteiger partial charge is 0.350 e. The van der Waals surface area contributed by atoms with Crippen LogP contribution in [0.3, 0.4) is 0 Å². The monoisotopic (exact) mass is 395 g/mol. The molecule has 0 saturated carbocycles. The molecule has 0 atom stereocenters. The minimum absolute atomic E-state index is 0.574. The number of benzene rings is 2. The Morgan fingerprint density at radius 1 is 1.04 bits per heavy atom. The molecule has 6 heteroatoms. The van der Waals surface area contributed by atoms with Gasteiger partial charge in [0.2, 0.25) is 5.95 Å². The van der Waals surface area contributed by atoms with E-state index in [2.05, 4.69) is 53.9 Å². The molecule has 0 unspecified atom stereocenters. The van der Waals surface area contributed by atoms with Gasteiger partial charge < -0.3 is 5.32 Å². The summed E-state index contributed by atoms with van der Waals surface area (Å²) in [6, 6.07) is 19.9. The summed E-state index contributed by atoms with van der Waals surface area (Å²) in [5.74, 6) is 1.22. The number of aromatic nitrogens is 2. The summed E-state index contributed by atoms with van der Waals surface area (Å²) < 4.78 is 1.04. The molecule has 0 spiro atoms. The number of nitrogens with zero attached hydrogens (tertiary/aromatic N) is 3. The van der Waals surface area contributed by atoms with Crippen molar-refractivity contribution in [1.29, 1.82) is 0 Å². The summed E-state index contributed by atoms with van der Waals surface area (Å²) in [6.45, 7) is 2.60. The third kappa shape index (κ3) is 5.39. The van der Waals surface area contributed by atoms with Crippen molar-refractivity contribution in [3.8, 4) is 0 Å². The molecule has 0 saturated heterocycles. The second-order valence-corrected chi connectivity index (χ2v) is 6.39. The average molecular weight is 396 g/mol. The first-order valence-electron chi connectivity index (χ1n) is 7.87. The molecule has 0 aliphatic rings. The van der Waals surface area contributed by atoms with Crippen molar-refractivity contribution in [1.82, 2.24) is 9.97 Å². The molecule has 3 aromatic rings. The van der Waals surface area contributed by atoms with Gasteiger partial charge >= 0.3 is 0 Å². The van der Waals surface area contributed by atoms with E-state index in [1.807, 2.05) is 55.5 Å². The maximum atomic E-state index is 4.44. The zero-order valence-corrected chi connectivity index (χ0v) is 15.4. The van der Waals surface area contributed by atoms with Crippen LogP contribution in [0.4, 0.5) is 11.8 Å². The quantitative estimate of drug-likeness (QED) is 0.472. The Hall–Kier alpha value is -2.73. The topological polar surface area (TPSA) is 62.2 Å². The zero-order valence-electron chi connectivity index (χ0n) is 13.8. The molecule has 0 radical (unpaired) electrons. The molecule has 0 bridgehead atoms. The normalized spacial score (nSPS) is 10.8. The first kappa shape index (κ1) is 17.1. The maximum Gasteiger partial charge on any atom is 0.225 e. The molecule has 0 amide bonds. The zero-order chi connectivity index (χ0) is 17.5. The van der Waals surface area contributed by atoms with Crippen LogP contribution in [0, 0.1) is 6.92 Å². The van der Waals surface area contributed by atoms with Crippen molar-refractivity contribution < 1.29 is 0 Å². The maximum absolute atomic E-state index is 4.44. The molecule has 126 valence electrons. The van der Waals surface area contributed by atoms with Crippen molar-refractivity contribution in [2.75, 3.05) is 10.7 Å². The fraction of sp³-hybridized carbons (Fsp3) is 0.105. The predicted octanol–water partition coefficient (Wildman–Crippen LogP) is 4.61. The molecular weight excluding hydrogens is 378 g/mol. The second-order valence-electron chi connectivity index (χ2n) is 5.48. The summed E-state index contributed by atoms with van der Waals surface area (Å²) in [5.41, 5.74) is 6.00. The van der Waals surface area contributed by atoms with Gasteiger partial charge in [-0.3, -0.25) is 5.43 Å². The van der Waals surface area contributed by atoms with Gasteiger partial charge in [-0.1, -0.05) is 58.4 Å². The van der Waals surface area contributed by atoms with Crippen molar-refractivity contribution in [3.63, 3.8) is 0 Å². The van der Waals surface area contributed by atoms with Crippen molar-refractivity contribution in [2.45, 2.75) is 13.5 Å². The van der Waals surface area contributed by atoms with Gasteiger partial charge in [-0.25, -0.2) is 4.98 Å². The lowest BCUT2D eigenvalue weighted by Gasteiger charge is -2.08. The lowest BCUT2D eigenvalue weighted by atomic mass is 10.2. The van der Waals surface area contributed by atoms with Gasteiger partial charge in [-0.05, 0) is 30.2 Å². The van der Waals surface area contributed by atoms with E-state index in [0.29, 0.717) is 18.3 Å². The molecule has 1 heterocycles. The lowest BCUT2D eigenvalue weighted by Crippen LogP contribution is -2.06. The fourth-order valence-electron chi connectivity index (χ4n) is 2.20.